The molecule has 1 aromatic rings. The van der Waals surface area contributed by atoms with Crippen LogP contribution in [0.25, 0.3) is 5.57 Å². The second-order valence-electron chi connectivity index (χ2n) is 5.27. The van der Waals surface area contributed by atoms with Crippen molar-refractivity contribution in [2.45, 2.75) is 19.8 Å². The number of rotatable bonds is 2. The Hall–Kier alpha value is -1.35. The SMILES string of the molecule is COc1cc(C2=CC[C@H]3CCNC[C@@H]23)cnc1C. The lowest BCUT2D eigenvalue weighted by molar-refractivity contribution is 0.328. The number of fused-ring (bicyclic) bond motifs is 1. The number of aryl methyl sites for hydroxylation is 1. The summed E-state index contributed by atoms with van der Waals surface area (Å²) >= 11 is 0. The van der Waals surface area contributed by atoms with Gasteiger partial charge in [0.2, 0.25) is 0 Å². The predicted octanol–water partition coefficient (Wildman–Crippen LogP) is 2.41. The maximum Gasteiger partial charge on any atom is 0.140 e. The molecule has 0 spiro atoms. The highest BCUT2D eigenvalue weighted by Gasteiger charge is 2.32. The first-order chi connectivity index (χ1) is 8.79. The number of piperidine rings is 1. The molecular formula is C15H20N2O. The summed E-state index contributed by atoms with van der Waals surface area (Å²) in [5.41, 5.74) is 3.64. The second kappa shape index (κ2) is 4.73. The van der Waals surface area contributed by atoms with Gasteiger partial charge in [0.25, 0.3) is 0 Å². The fraction of sp³-hybridized carbons (Fsp3) is 0.533. The molecule has 18 heavy (non-hydrogen) atoms. The van der Waals surface area contributed by atoms with Crippen molar-refractivity contribution in [3.05, 3.63) is 29.6 Å². The number of pyridine rings is 1. The van der Waals surface area contributed by atoms with E-state index in [9.17, 15) is 0 Å². The van der Waals surface area contributed by atoms with Gasteiger partial charge in [-0.1, -0.05) is 6.08 Å². The van der Waals surface area contributed by atoms with E-state index in [1.54, 1.807) is 7.11 Å². The molecule has 96 valence electrons. The van der Waals surface area contributed by atoms with E-state index in [0.717, 1.165) is 30.5 Å². The predicted molar refractivity (Wildman–Crippen MR) is 72.6 cm³/mol. The van der Waals surface area contributed by atoms with Gasteiger partial charge in [-0.15, -0.1) is 0 Å². The Morgan fingerprint density at radius 3 is 3.17 bits per heavy atom. The van der Waals surface area contributed by atoms with Crippen molar-refractivity contribution in [2.24, 2.45) is 11.8 Å². The van der Waals surface area contributed by atoms with Gasteiger partial charge in [0, 0.05) is 12.7 Å². The molecule has 0 radical (unpaired) electrons. The molecule has 1 saturated heterocycles. The fourth-order valence-electron chi connectivity index (χ4n) is 3.20. The highest BCUT2D eigenvalue weighted by atomic mass is 16.5. The first-order valence-corrected chi connectivity index (χ1v) is 6.71. The summed E-state index contributed by atoms with van der Waals surface area (Å²) in [4.78, 5) is 4.45. The number of hydrogen-bond donors (Lipinski definition) is 1. The standard InChI is InChI=1S/C15H20N2O/c1-10-15(18-2)7-12(8-17-10)13-4-3-11-5-6-16-9-14(11)13/h4,7-8,11,14,16H,3,5-6,9H2,1-2H3/t11-,14+/m0/s1. The molecule has 2 atom stereocenters. The van der Waals surface area contributed by atoms with E-state index in [2.05, 4.69) is 22.4 Å². The van der Waals surface area contributed by atoms with Crippen LogP contribution in [0, 0.1) is 18.8 Å². The maximum atomic E-state index is 5.38. The van der Waals surface area contributed by atoms with Crippen molar-refractivity contribution in [1.82, 2.24) is 10.3 Å². The summed E-state index contributed by atoms with van der Waals surface area (Å²) in [6, 6.07) is 2.13. The summed E-state index contributed by atoms with van der Waals surface area (Å²) < 4.78 is 5.38. The van der Waals surface area contributed by atoms with Crippen LogP contribution in [-0.2, 0) is 0 Å². The normalized spacial score (nSPS) is 26.7. The molecule has 3 nitrogen and oxygen atoms in total. The molecule has 1 aliphatic carbocycles. The van der Waals surface area contributed by atoms with Crippen LogP contribution in [0.1, 0.15) is 24.1 Å². The van der Waals surface area contributed by atoms with E-state index in [0.29, 0.717) is 5.92 Å². The van der Waals surface area contributed by atoms with Gasteiger partial charge < -0.3 is 10.1 Å². The summed E-state index contributed by atoms with van der Waals surface area (Å²) in [6.07, 6.45) is 6.90. The molecule has 3 heteroatoms. The Morgan fingerprint density at radius 1 is 1.44 bits per heavy atom. The van der Waals surface area contributed by atoms with E-state index < -0.39 is 0 Å². The zero-order chi connectivity index (χ0) is 12.5. The van der Waals surface area contributed by atoms with Crippen LogP contribution < -0.4 is 10.1 Å². The lowest BCUT2D eigenvalue weighted by atomic mass is 9.84. The molecule has 1 aliphatic heterocycles. The summed E-state index contributed by atoms with van der Waals surface area (Å²) in [5, 5.41) is 3.50. The molecule has 0 bridgehead atoms. The number of allylic oxidation sites excluding steroid dienone is 1. The largest absolute Gasteiger partial charge is 0.495 e. The van der Waals surface area contributed by atoms with E-state index >= 15 is 0 Å². The van der Waals surface area contributed by atoms with Gasteiger partial charge in [-0.25, -0.2) is 0 Å². The van der Waals surface area contributed by atoms with Crippen molar-refractivity contribution in [2.75, 3.05) is 20.2 Å². The summed E-state index contributed by atoms with van der Waals surface area (Å²) in [6.45, 7) is 4.25. The van der Waals surface area contributed by atoms with Crippen LogP contribution in [0.4, 0.5) is 0 Å². The van der Waals surface area contributed by atoms with Crippen LogP contribution in [-0.4, -0.2) is 25.2 Å². The van der Waals surface area contributed by atoms with E-state index in [-0.39, 0.29) is 0 Å². The molecule has 0 unspecified atom stereocenters. The van der Waals surface area contributed by atoms with Gasteiger partial charge in [0.15, 0.2) is 0 Å². The summed E-state index contributed by atoms with van der Waals surface area (Å²) in [5.74, 6) is 2.38. The Labute approximate surface area is 108 Å². The summed E-state index contributed by atoms with van der Waals surface area (Å²) in [7, 11) is 1.71. The van der Waals surface area contributed by atoms with Crippen LogP contribution in [0.5, 0.6) is 5.75 Å². The molecule has 2 aliphatic rings. The van der Waals surface area contributed by atoms with Crippen molar-refractivity contribution >= 4 is 5.57 Å². The van der Waals surface area contributed by atoms with E-state index in [1.165, 1.54) is 24.0 Å². The lowest BCUT2D eigenvalue weighted by Crippen LogP contribution is -2.34. The van der Waals surface area contributed by atoms with Gasteiger partial charge in [-0.3, -0.25) is 4.98 Å². The Bertz CT molecular complexity index is 481. The van der Waals surface area contributed by atoms with Crippen molar-refractivity contribution < 1.29 is 4.74 Å². The number of nitrogens with zero attached hydrogens (tertiary/aromatic N) is 1. The topological polar surface area (TPSA) is 34.1 Å². The quantitative estimate of drug-likeness (QED) is 0.867. The minimum absolute atomic E-state index is 0.660. The molecule has 0 amide bonds. The first-order valence-electron chi connectivity index (χ1n) is 6.71. The lowest BCUT2D eigenvalue weighted by Gasteiger charge is -2.28. The Balaban J connectivity index is 1.91. The highest BCUT2D eigenvalue weighted by Crippen LogP contribution is 2.41. The molecule has 0 aromatic carbocycles. The third-order valence-corrected chi connectivity index (χ3v) is 4.26. The second-order valence-corrected chi connectivity index (χ2v) is 5.27. The zero-order valence-electron chi connectivity index (χ0n) is 11.1. The van der Waals surface area contributed by atoms with Gasteiger partial charge in [0.1, 0.15) is 5.75 Å². The number of nitrogens with one attached hydrogen (secondary N) is 1. The van der Waals surface area contributed by atoms with Crippen LogP contribution in [0.2, 0.25) is 0 Å². The first kappa shape index (κ1) is 11.7. The van der Waals surface area contributed by atoms with Gasteiger partial charge >= 0.3 is 0 Å². The van der Waals surface area contributed by atoms with Crippen LogP contribution in [0.3, 0.4) is 0 Å². The minimum Gasteiger partial charge on any atom is -0.495 e. The van der Waals surface area contributed by atoms with Gasteiger partial charge in [-0.05, 0) is 55.3 Å². The maximum absolute atomic E-state index is 5.38. The third-order valence-electron chi connectivity index (χ3n) is 4.26. The van der Waals surface area contributed by atoms with Crippen LogP contribution in [0.15, 0.2) is 18.3 Å². The molecule has 2 heterocycles. The molecule has 1 aromatic heterocycles. The number of ether oxygens (including phenoxy) is 1. The highest BCUT2D eigenvalue weighted by molar-refractivity contribution is 5.70. The fourth-order valence-corrected chi connectivity index (χ4v) is 3.20. The minimum atomic E-state index is 0.660. The monoisotopic (exact) mass is 244 g/mol. The third kappa shape index (κ3) is 1.93. The van der Waals surface area contributed by atoms with E-state index in [4.69, 9.17) is 4.74 Å². The van der Waals surface area contributed by atoms with Gasteiger partial charge in [0.05, 0.1) is 12.8 Å². The average Bonchev–Trinajstić information content (AvgIpc) is 2.83. The Kier molecular flexibility index (Phi) is 3.08. The molecule has 3 rings (SSSR count). The molecule has 1 fully saturated rings. The smallest absolute Gasteiger partial charge is 0.140 e. The van der Waals surface area contributed by atoms with Crippen molar-refractivity contribution in [3.8, 4) is 5.75 Å². The van der Waals surface area contributed by atoms with Gasteiger partial charge in [-0.2, -0.15) is 0 Å². The zero-order valence-corrected chi connectivity index (χ0v) is 11.1. The van der Waals surface area contributed by atoms with Crippen molar-refractivity contribution in [1.29, 1.82) is 0 Å². The van der Waals surface area contributed by atoms with Crippen molar-refractivity contribution in [3.63, 3.8) is 0 Å². The molecule has 1 N–H and O–H groups in total. The average molecular weight is 244 g/mol. The molecule has 0 saturated carbocycles. The van der Waals surface area contributed by atoms with Crippen LogP contribution >= 0.6 is 0 Å². The number of hydrogen-bond acceptors (Lipinski definition) is 3. The Morgan fingerprint density at radius 2 is 2.33 bits per heavy atom. The number of aromatic nitrogens is 1. The molecular weight excluding hydrogens is 224 g/mol. The number of methoxy groups -OCH3 is 1. The van der Waals surface area contributed by atoms with E-state index in [1.807, 2.05) is 13.1 Å².